The van der Waals surface area contributed by atoms with Crippen molar-refractivity contribution in [3.05, 3.63) is 18.5 Å². The van der Waals surface area contributed by atoms with Crippen LogP contribution in [0.5, 0.6) is 0 Å². The monoisotopic (exact) mass is 416 g/mol. The van der Waals surface area contributed by atoms with Gasteiger partial charge in [0.15, 0.2) is 5.96 Å². The Morgan fingerprint density at radius 3 is 2.60 bits per heavy atom. The summed E-state index contributed by atoms with van der Waals surface area (Å²) in [5.41, 5.74) is 0. The molecule has 0 spiro atoms. The number of carbonyl (C=O) groups excluding carboxylic acids is 1. The molecule has 2 N–H and O–H groups in total. The summed E-state index contributed by atoms with van der Waals surface area (Å²) < 4.78 is 0. The van der Waals surface area contributed by atoms with Gasteiger partial charge < -0.3 is 20.4 Å². The van der Waals surface area contributed by atoms with Crippen molar-refractivity contribution in [2.45, 2.75) is 32.7 Å². The van der Waals surface area contributed by atoms with Gasteiger partial charge in [-0.05, 0) is 25.5 Å². The number of aliphatic imine (C=N–C) groups is 1. The summed E-state index contributed by atoms with van der Waals surface area (Å²) in [7, 11) is 1.80. The van der Waals surface area contributed by atoms with Crippen LogP contribution in [0.25, 0.3) is 0 Å². The second-order valence-electron chi connectivity index (χ2n) is 8.30. The number of hydrogen-bond donors (Lipinski definition) is 2. The minimum Gasteiger partial charge on any atom is -0.356 e. The fourth-order valence-corrected chi connectivity index (χ4v) is 3.97. The molecule has 1 aromatic heterocycles. The Kier molecular flexibility index (Phi) is 8.24. The van der Waals surface area contributed by atoms with Crippen LogP contribution in [0.15, 0.2) is 23.5 Å². The highest BCUT2D eigenvalue weighted by molar-refractivity contribution is 5.81. The van der Waals surface area contributed by atoms with Gasteiger partial charge in [-0.1, -0.05) is 13.8 Å². The highest BCUT2D eigenvalue weighted by Gasteiger charge is 2.28. The van der Waals surface area contributed by atoms with Crippen molar-refractivity contribution >= 4 is 17.8 Å². The Balaban J connectivity index is 1.30. The molecule has 3 heterocycles. The van der Waals surface area contributed by atoms with Gasteiger partial charge in [0.05, 0.1) is 0 Å². The molecule has 0 saturated carbocycles. The Morgan fingerprint density at radius 2 is 1.93 bits per heavy atom. The summed E-state index contributed by atoms with van der Waals surface area (Å²) in [5, 5.41) is 6.88. The molecule has 30 heavy (non-hydrogen) atoms. The van der Waals surface area contributed by atoms with E-state index in [9.17, 15) is 4.79 Å². The van der Waals surface area contributed by atoms with Crippen molar-refractivity contribution in [1.29, 1.82) is 0 Å². The van der Waals surface area contributed by atoms with Crippen molar-refractivity contribution in [2.24, 2.45) is 10.9 Å². The first-order valence-electron chi connectivity index (χ1n) is 11.1. The van der Waals surface area contributed by atoms with Gasteiger partial charge in [0.2, 0.25) is 11.9 Å². The highest BCUT2D eigenvalue weighted by Crippen LogP contribution is 2.13. The van der Waals surface area contributed by atoms with Crippen LogP contribution >= 0.6 is 0 Å². The number of hydrogen-bond acceptors (Lipinski definition) is 6. The van der Waals surface area contributed by atoms with Gasteiger partial charge in [0.1, 0.15) is 0 Å². The molecule has 0 bridgehead atoms. The molecule has 3 rings (SSSR count). The maximum atomic E-state index is 12.1. The lowest BCUT2D eigenvalue weighted by Crippen LogP contribution is -2.48. The molecular weight excluding hydrogens is 380 g/mol. The molecular formula is C21H36N8O. The summed E-state index contributed by atoms with van der Waals surface area (Å²) in [4.78, 5) is 31.9. The molecule has 166 valence electrons. The fourth-order valence-electron chi connectivity index (χ4n) is 3.97. The van der Waals surface area contributed by atoms with Crippen LogP contribution in [0.2, 0.25) is 0 Å². The number of anilines is 1. The largest absolute Gasteiger partial charge is 0.356 e. The summed E-state index contributed by atoms with van der Waals surface area (Å²) in [5.74, 6) is 1.95. The van der Waals surface area contributed by atoms with E-state index in [2.05, 4.69) is 35.4 Å². The summed E-state index contributed by atoms with van der Waals surface area (Å²) >= 11 is 0. The maximum absolute atomic E-state index is 12.1. The predicted octanol–water partition coefficient (Wildman–Crippen LogP) is 0.411. The summed E-state index contributed by atoms with van der Waals surface area (Å²) in [6, 6.07) is 2.12. The average Bonchev–Trinajstić information content (AvgIpc) is 3.24. The van der Waals surface area contributed by atoms with Crippen LogP contribution in [0.3, 0.4) is 0 Å². The molecule has 9 heteroatoms. The third kappa shape index (κ3) is 6.29. The van der Waals surface area contributed by atoms with E-state index in [1.165, 1.54) is 0 Å². The number of nitrogens with zero attached hydrogens (tertiary/aromatic N) is 6. The van der Waals surface area contributed by atoms with E-state index in [0.717, 1.165) is 77.1 Å². The highest BCUT2D eigenvalue weighted by atomic mass is 16.2. The van der Waals surface area contributed by atoms with E-state index < -0.39 is 0 Å². The molecule has 1 atom stereocenters. The number of piperazine rings is 1. The van der Waals surface area contributed by atoms with Gasteiger partial charge in [-0.25, -0.2) is 9.97 Å². The molecule has 1 amide bonds. The third-order valence-electron chi connectivity index (χ3n) is 5.71. The zero-order valence-corrected chi connectivity index (χ0v) is 18.5. The Labute approximate surface area is 179 Å². The first-order valence-corrected chi connectivity index (χ1v) is 11.1. The normalized spacial score (nSPS) is 20.7. The lowest BCUT2D eigenvalue weighted by molar-refractivity contribution is -0.133. The van der Waals surface area contributed by atoms with E-state index >= 15 is 0 Å². The molecule has 2 saturated heterocycles. The number of likely N-dealkylation sites (tertiary alicyclic amines) is 1. The summed E-state index contributed by atoms with van der Waals surface area (Å²) in [6.07, 6.45) is 5.62. The minimum absolute atomic E-state index is 0.0586. The van der Waals surface area contributed by atoms with Crippen molar-refractivity contribution < 1.29 is 4.79 Å². The maximum Gasteiger partial charge on any atom is 0.225 e. The molecule has 1 unspecified atom stereocenters. The van der Waals surface area contributed by atoms with E-state index in [1.807, 2.05) is 24.8 Å². The molecule has 2 aliphatic heterocycles. The van der Waals surface area contributed by atoms with Crippen LogP contribution in [-0.2, 0) is 4.79 Å². The second kappa shape index (κ2) is 11.1. The number of guanidine groups is 1. The van der Waals surface area contributed by atoms with E-state index in [1.54, 1.807) is 19.4 Å². The van der Waals surface area contributed by atoms with Crippen molar-refractivity contribution in [3.63, 3.8) is 0 Å². The number of aromatic nitrogens is 2. The smallest absolute Gasteiger partial charge is 0.225 e. The molecule has 0 radical (unpaired) electrons. The van der Waals surface area contributed by atoms with Gasteiger partial charge in [-0.15, -0.1) is 0 Å². The molecule has 0 aliphatic carbocycles. The SMILES string of the molecule is CN=C(NCCCN1CCN(c2ncccn2)CC1)NC1CCN(C(=O)C(C)C)C1. The van der Waals surface area contributed by atoms with Crippen LogP contribution in [0.1, 0.15) is 26.7 Å². The number of carbonyl (C=O) groups is 1. The standard InChI is InChI=1S/C21H36N8O/c1-17(2)19(30)29-11-6-18(16-29)26-20(22-3)23-9-5-10-27-12-14-28(15-13-27)21-24-7-4-8-25-21/h4,7-8,17-18H,5-6,9-16H2,1-3H3,(H2,22,23,26). The first kappa shape index (κ1) is 22.3. The van der Waals surface area contributed by atoms with E-state index in [4.69, 9.17) is 0 Å². The number of amides is 1. The molecule has 1 aromatic rings. The molecule has 0 aromatic carbocycles. The zero-order valence-electron chi connectivity index (χ0n) is 18.5. The quantitative estimate of drug-likeness (QED) is 0.378. The van der Waals surface area contributed by atoms with Gasteiger partial charge in [0, 0.05) is 77.2 Å². The van der Waals surface area contributed by atoms with Crippen molar-refractivity contribution in [1.82, 2.24) is 30.4 Å². The molecule has 9 nitrogen and oxygen atoms in total. The predicted molar refractivity (Wildman–Crippen MR) is 120 cm³/mol. The van der Waals surface area contributed by atoms with Gasteiger partial charge in [-0.2, -0.15) is 0 Å². The van der Waals surface area contributed by atoms with Crippen LogP contribution in [0.4, 0.5) is 5.95 Å². The van der Waals surface area contributed by atoms with Crippen LogP contribution in [0, 0.1) is 5.92 Å². The van der Waals surface area contributed by atoms with Crippen molar-refractivity contribution in [3.8, 4) is 0 Å². The first-order chi connectivity index (χ1) is 14.6. The average molecular weight is 417 g/mol. The van der Waals surface area contributed by atoms with E-state index in [-0.39, 0.29) is 17.9 Å². The minimum atomic E-state index is 0.0586. The van der Waals surface area contributed by atoms with Crippen molar-refractivity contribution in [2.75, 3.05) is 64.3 Å². The lowest BCUT2D eigenvalue weighted by atomic mass is 10.2. The van der Waals surface area contributed by atoms with Gasteiger partial charge in [0.25, 0.3) is 0 Å². The number of rotatable bonds is 7. The van der Waals surface area contributed by atoms with Crippen LogP contribution < -0.4 is 15.5 Å². The Hall–Kier alpha value is -2.42. The Bertz CT molecular complexity index is 688. The molecule has 2 aliphatic rings. The Morgan fingerprint density at radius 1 is 1.20 bits per heavy atom. The fraction of sp³-hybridized carbons (Fsp3) is 0.714. The van der Waals surface area contributed by atoms with Gasteiger partial charge >= 0.3 is 0 Å². The third-order valence-corrected chi connectivity index (χ3v) is 5.71. The van der Waals surface area contributed by atoms with E-state index in [0.29, 0.717) is 0 Å². The zero-order chi connectivity index (χ0) is 21.3. The number of nitrogens with one attached hydrogen (secondary N) is 2. The lowest BCUT2D eigenvalue weighted by Gasteiger charge is -2.34. The van der Waals surface area contributed by atoms with Crippen LogP contribution in [-0.4, -0.2) is 97.1 Å². The topological polar surface area (TPSA) is 89.0 Å². The summed E-state index contributed by atoms with van der Waals surface area (Å²) in [6.45, 7) is 11.4. The second-order valence-corrected chi connectivity index (χ2v) is 8.30. The molecule has 2 fully saturated rings. The van der Waals surface area contributed by atoms with Gasteiger partial charge in [-0.3, -0.25) is 14.7 Å².